The van der Waals surface area contributed by atoms with Crippen LogP contribution in [0.5, 0.6) is 0 Å². The number of esters is 1. The van der Waals surface area contributed by atoms with E-state index < -0.39 is 5.82 Å². The molecule has 0 saturated carbocycles. The van der Waals surface area contributed by atoms with E-state index in [4.69, 9.17) is 21.3 Å². The number of aromatic nitrogens is 1. The molecule has 0 atom stereocenters. The fourth-order valence-electron chi connectivity index (χ4n) is 3.81. The molecule has 0 unspecified atom stereocenters. The van der Waals surface area contributed by atoms with Gasteiger partial charge in [0.1, 0.15) is 11.6 Å². The number of hydrogen-bond donors (Lipinski definition) is 0. The Morgan fingerprint density at radius 1 is 1.21 bits per heavy atom. The molecule has 1 aliphatic rings. The van der Waals surface area contributed by atoms with Crippen LogP contribution in [0.25, 0.3) is 22.0 Å². The summed E-state index contributed by atoms with van der Waals surface area (Å²) in [7, 11) is 0. The molecule has 1 aromatic heterocycles. The summed E-state index contributed by atoms with van der Waals surface area (Å²) in [5.41, 5.74) is 2.58. The smallest absolute Gasteiger partial charge is 0.309 e. The van der Waals surface area contributed by atoms with E-state index >= 15 is 0 Å². The van der Waals surface area contributed by atoms with Crippen LogP contribution in [0.3, 0.4) is 0 Å². The topological polar surface area (TPSA) is 42.4 Å². The number of benzene rings is 2. The average molecular weight is 413 g/mol. The van der Waals surface area contributed by atoms with Gasteiger partial charge in [0.25, 0.3) is 0 Å². The molecule has 4 nitrogen and oxygen atoms in total. The first-order chi connectivity index (χ1) is 14.1. The van der Waals surface area contributed by atoms with Crippen LogP contribution >= 0.6 is 11.6 Å². The summed E-state index contributed by atoms with van der Waals surface area (Å²) in [5, 5.41) is 1.10. The second kappa shape index (κ2) is 8.37. The lowest BCUT2D eigenvalue weighted by Crippen LogP contribution is -2.37. The van der Waals surface area contributed by atoms with Crippen LogP contribution in [0.4, 0.5) is 10.2 Å². The predicted molar refractivity (Wildman–Crippen MR) is 114 cm³/mol. The minimum Gasteiger partial charge on any atom is -0.466 e. The Balaban J connectivity index is 1.63. The minimum atomic E-state index is -0.436. The van der Waals surface area contributed by atoms with E-state index in [1.807, 2.05) is 37.3 Å². The van der Waals surface area contributed by atoms with E-state index in [0.717, 1.165) is 53.8 Å². The number of anilines is 1. The summed E-state index contributed by atoms with van der Waals surface area (Å²) in [6.07, 6.45) is 1.52. The highest BCUT2D eigenvalue weighted by Crippen LogP contribution is 2.32. The van der Waals surface area contributed by atoms with E-state index in [9.17, 15) is 9.18 Å². The van der Waals surface area contributed by atoms with Crippen LogP contribution in [0.2, 0.25) is 5.02 Å². The molecular weight excluding hydrogens is 391 g/mol. The number of pyridine rings is 1. The normalized spacial score (nSPS) is 14.9. The number of halogens is 2. The molecule has 6 heteroatoms. The first-order valence-electron chi connectivity index (χ1n) is 9.83. The molecule has 1 fully saturated rings. The Labute approximate surface area is 174 Å². The summed E-state index contributed by atoms with van der Waals surface area (Å²) >= 11 is 5.99. The molecule has 0 bridgehead atoms. The van der Waals surface area contributed by atoms with Crippen molar-refractivity contribution in [2.75, 3.05) is 24.6 Å². The molecule has 2 aromatic carbocycles. The summed E-state index contributed by atoms with van der Waals surface area (Å²) < 4.78 is 18.7. The highest BCUT2D eigenvalue weighted by molar-refractivity contribution is 6.31. The Morgan fingerprint density at radius 3 is 2.72 bits per heavy atom. The number of carbonyl (C=O) groups is 1. The lowest BCUT2D eigenvalue weighted by molar-refractivity contribution is -0.148. The second-order valence-electron chi connectivity index (χ2n) is 7.19. The second-order valence-corrected chi connectivity index (χ2v) is 7.60. The van der Waals surface area contributed by atoms with Gasteiger partial charge in [-0.05, 0) is 49.6 Å². The van der Waals surface area contributed by atoms with Crippen molar-refractivity contribution >= 4 is 34.3 Å². The third-order valence-electron chi connectivity index (χ3n) is 5.38. The molecule has 3 aromatic rings. The largest absolute Gasteiger partial charge is 0.466 e. The number of piperidine rings is 1. The zero-order valence-electron chi connectivity index (χ0n) is 16.2. The van der Waals surface area contributed by atoms with Crippen LogP contribution in [0.15, 0.2) is 48.5 Å². The van der Waals surface area contributed by atoms with Crippen molar-refractivity contribution in [2.24, 2.45) is 5.92 Å². The van der Waals surface area contributed by atoms with Crippen LogP contribution < -0.4 is 4.90 Å². The molecule has 2 heterocycles. The van der Waals surface area contributed by atoms with Crippen molar-refractivity contribution in [2.45, 2.75) is 19.8 Å². The zero-order chi connectivity index (χ0) is 20.4. The number of rotatable bonds is 4. The highest BCUT2D eigenvalue weighted by Gasteiger charge is 2.26. The Morgan fingerprint density at radius 2 is 2.00 bits per heavy atom. The van der Waals surface area contributed by atoms with Crippen molar-refractivity contribution < 1.29 is 13.9 Å². The number of hydrogen-bond acceptors (Lipinski definition) is 4. The maximum atomic E-state index is 13.6. The first kappa shape index (κ1) is 19.6. The molecule has 150 valence electrons. The van der Waals surface area contributed by atoms with Crippen molar-refractivity contribution in [3.63, 3.8) is 0 Å². The van der Waals surface area contributed by atoms with Crippen molar-refractivity contribution in [3.8, 4) is 11.1 Å². The van der Waals surface area contributed by atoms with E-state index in [2.05, 4.69) is 4.90 Å². The van der Waals surface area contributed by atoms with Crippen LogP contribution in [-0.2, 0) is 9.53 Å². The Hall–Kier alpha value is -2.66. The maximum Gasteiger partial charge on any atom is 0.309 e. The summed E-state index contributed by atoms with van der Waals surface area (Å²) in [5.74, 6) is 0.298. The number of nitrogens with zero attached hydrogens (tertiary/aromatic N) is 2. The van der Waals surface area contributed by atoms with Crippen molar-refractivity contribution in [1.82, 2.24) is 4.98 Å². The van der Waals surface area contributed by atoms with Gasteiger partial charge in [0.05, 0.1) is 23.1 Å². The number of para-hydroxylation sites is 1. The van der Waals surface area contributed by atoms with Crippen LogP contribution in [-0.4, -0.2) is 30.6 Å². The van der Waals surface area contributed by atoms with Gasteiger partial charge in [0.15, 0.2) is 0 Å². The van der Waals surface area contributed by atoms with Gasteiger partial charge in [-0.25, -0.2) is 9.37 Å². The Kier molecular flexibility index (Phi) is 5.67. The van der Waals surface area contributed by atoms with Gasteiger partial charge in [0, 0.05) is 24.0 Å². The highest BCUT2D eigenvalue weighted by atomic mass is 35.5. The van der Waals surface area contributed by atoms with Gasteiger partial charge < -0.3 is 9.64 Å². The molecule has 0 aliphatic carbocycles. The van der Waals surface area contributed by atoms with Gasteiger partial charge in [0.2, 0.25) is 0 Å². The lowest BCUT2D eigenvalue weighted by atomic mass is 9.97. The van der Waals surface area contributed by atoms with Crippen LogP contribution in [0.1, 0.15) is 19.8 Å². The number of fused-ring (bicyclic) bond motifs is 1. The van der Waals surface area contributed by atoms with Gasteiger partial charge in [-0.2, -0.15) is 0 Å². The zero-order valence-corrected chi connectivity index (χ0v) is 17.0. The molecule has 0 N–H and O–H groups in total. The molecule has 4 rings (SSSR count). The molecule has 1 saturated heterocycles. The van der Waals surface area contributed by atoms with E-state index in [0.29, 0.717) is 6.61 Å². The third-order valence-corrected chi connectivity index (χ3v) is 5.66. The van der Waals surface area contributed by atoms with Crippen molar-refractivity contribution in [3.05, 3.63) is 59.4 Å². The van der Waals surface area contributed by atoms with E-state index in [1.54, 1.807) is 12.1 Å². The predicted octanol–water partition coefficient (Wildman–Crippen LogP) is 5.47. The quantitative estimate of drug-likeness (QED) is 0.532. The van der Waals surface area contributed by atoms with Gasteiger partial charge >= 0.3 is 5.97 Å². The number of ether oxygens (including phenoxy) is 1. The standard InChI is InChI=1S/C23H22ClFN2O2/c1-2-29-23(28)16-10-12-27(13-11-16)21-9-7-15-4-3-5-18(22(15)26-21)17-6-8-20(25)19(24)14-17/h3-9,14,16H,2,10-13H2,1H3. The van der Waals surface area contributed by atoms with Gasteiger partial charge in [-0.1, -0.05) is 35.9 Å². The number of carbonyl (C=O) groups excluding carboxylic acids is 1. The fourth-order valence-corrected chi connectivity index (χ4v) is 3.99. The van der Waals surface area contributed by atoms with Crippen molar-refractivity contribution in [1.29, 1.82) is 0 Å². The van der Waals surface area contributed by atoms with Crippen LogP contribution in [0, 0.1) is 11.7 Å². The molecule has 29 heavy (non-hydrogen) atoms. The van der Waals surface area contributed by atoms with E-state index in [-0.39, 0.29) is 16.9 Å². The monoisotopic (exact) mass is 412 g/mol. The maximum absolute atomic E-state index is 13.6. The van der Waals surface area contributed by atoms with Gasteiger partial charge in [-0.3, -0.25) is 4.79 Å². The third kappa shape index (κ3) is 4.06. The molecule has 0 amide bonds. The Bertz CT molecular complexity index is 1050. The molecule has 0 spiro atoms. The lowest BCUT2D eigenvalue weighted by Gasteiger charge is -2.31. The SMILES string of the molecule is CCOC(=O)C1CCN(c2ccc3cccc(-c4ccc(F)c(Cl)c4)c3n2)CC1. The molecule has 1 aliphatic heterocycles. The average Bonchev–Trinajstić information content (AvgIpc) is 2.75. The molecule has 0 radical (unpaired) electrons. The summed E-state index contributed by atoms with van der Waals surface area (Å²) in [4.78, 5) is 19.1. The molecular formula is C23H22ClFN2O2. The minimum absolute atomic E-state index is 0.0384. The van der Waals surface area contributed by atoms with E-state index in [1.165, 1.54) is 6.07 Å². The summed E-state index contributed by atoms with van der Waals surface area (Å²) in [6, 6.07) is 14.7. The van der Waals surface area contributed by atoms with Gasteiger partial charge in [-0.15, -0.1) is 0 Å². The summed E-state index contributed by atoms with van der Waals surface area (Å²) in [6.45, 7) is 3.76. The first-order valence-corrected chi connectivity index (χ1v) is 10.2. The fraction of sp³-hybridized carbons (Fsp3) is 0.304.